The van der Waals surface area contributed by atoms with Crippen LogP contribution in [0.5, 0.6) is 5.75 Å². The normalized spacial score (nSPS) is 14.6. The van der Waals surface area contributed by atoms with Crippen LogP contribution in [0.2, 0.25) is 0 Å². The van der Waals surface area contributed by atoms with Gasteiger partial charge in [0.15, 0.2) is 0 Å². The van der Waals surface area contributed by atoms with E-state index in [1.54, 1.807) is 0 Å². The van der Waals surface area contributed by atoms with E-state index in [9.17, 15) is 26.7 Å². The van der Waals surface area contributed by atoms with Crippen LogP contribution in [-0.4, -0.2) is 39.1 Å². The van der Waals surface area contributed by atoms with Crippen LogP contribution in [-0.2, 0) is 22.9 Å². The number of alkyl halides is 3. The van der Waals surface area contributed by atoms with Crippen LogP contribution in [0.3, 0.4) is 0 Å². The van der Waals surface area contributed by atoms with Gasteiger partial charge in [-0.2, -0.15) is 0 Å². The summed E-state index contributed by atoms with van der Waals surface area (Å²) in [5.74, 6) is -0.523. The van der Waals surface area contributed by atoms with Crippen molar-refractivity contribution in [2.24, 2.45) is 0 Å². The number of aliphatic hydroxyl groups excluding tert-OH is 1. The predicted molar refractivity (Wildman–Crippen MR) is 122 cm³/mol. The molecule has 10 heteroatoms. The minimum atomic E-state index is -4.87. The molecule has 3 aromatic rings. The highest BCUT2D eigenvalue weighted by Gasteiger charge is 2.31. The average Bonchev–Trinajstić information content (AvgIpc) is 2.95. The molecule has 0 radical (unpaired) electrons. The summed E-state index contributed by atoms with van der Waals surface area (Å²) in [6.07, 6.45) is -4.23. The van der Waals surface area contributed by atoms with E-state index in [0.717, 1.165) is 59.6 Å². The number of ether oxygens (including phenoxy) is 1. The Hall–Kier alpha value is -3.08. The van der Waals surface area contributed by atoms with Gasteiger partial charge in [-0.3, -0.25) is 0 Å². The summed E-state index contributed by atoms with van der Waals surface area (Å²) < 4.78 is 68.2. The van der Waals surface area contributed by atoms with E-state index in [-0.39, 0.29) is 18.0 Å². The van der Waals surface area contributed by atoms with Crippen molar-refractivity contribution in [3.05, 3.63) is 83.9 Å². The Bertz CT molecular complexity index is 1200. The number of aliphatic hydroxyl groups is 1. The number of para-hydroxylation sites is 2. The molecular weight excluding hydrogens is 469 g/mol. The van der Waals surface area contributed by atoms with Gasteiger partial charge in [-0.25, -0.2) is 13.1 Å². The van der Waals surface area contributed by atoms with Gasteiger partial charge in [0, 0.05) is 17.9 Å². The number of fused-ring (bicyclic) bond motifs is 2. The lowest BCUT2D eigenvalue weighted by Gasteiger charge is -2.29. The van der Waals surface area contributed by atoms with Gasteiger partial charge in [-0.15, -0.1) is 13.2 Å². The van der Waals surface area contributed by atoms with E-state index in [2.05, 4.69) is 9.46 Å². The zero-order valence-corrected chi connectivity index (χ0v) is 18.8. The Morgan fingerprint density at radius 1 is 0.912 bits per heavy atom. The van der Waals surface area contributed by atoms with Crippen molar-refractivity contribution in [3.63, 3.8) is 0 Å². The maximum absolute atomic E-state index is 12.6. The number of rotatable bonds is 7. The smallest absolute Gasteiger partial charge is 0.406 e. The molecule has 6 nitrogen and oxygen atoms in total. The number of β-amino-alcohol motifs (C(OH)–C–C–N with tert-alkyl or cyclic N) is 1. The molecule has 0 unspecified atom stereocenters. The molecule has 3 aromatic carbocycles. The highest BCUT2D eigenvalue weighted by molar-refractivity contribution is 7.89. The number of hydrogen-bond donors (Lipinski definition) is 2. The Morgan fingerprint density at radius 3 is 1.97 bits per heavy atom. The van der Waals surface area contributed by atoms with Crippen LogP contribution in [0.1, 0.15) is 11.1 Å². The van der Waals surface area contributed by atoms with Crippen molar-refractivity contribution in [1.29, 1.82) is 0 Å². The molecule has 0 saturated heterocycles. The second-order valence-electron chi connectivity index (χ2n) is 7.89. The molecule has 0 spiro atoms. The number of benzene rings is 3. The third-order valence-electron chi connectivity index (χ3n) is 5.50. The topological polar surface area (TPSA) is 78.9 Å². The number of nitrogens with zero attached hydrogens (tertiary/aromatic N) is 1. The van der Waals surface area contributed by atoms with Gasteiger partial charge < -0.3 is 14.7 Å². The van der Waals surface area contributed by atoms with E-state index >= 15 is 0 Å². The Kier molecular flexibility index (Phi) is 6.83. The minimum absolute atomic E-state index is 0.148. The fourth-order valence-corrected chi connectivity index (χ4v) is 5.02. The average molecular weight is 493 g/mol. The summed E-state index contributed by atoms with van der Waals surface area (Å²) in [6, 6.07) is 19.6. The van der Waals surface area contributed by atoms with Crippen molar-refractivity contribution in [3.8, 4) is 5.75 Å². The number of anilines is 2. The summed E-state index contributed by atoms with van der Waals surface area (Å²) >= 11 is 0. The van der Waals surface area contributed by atoms with Gasteiger partial charge in [-0.1, -0.05) is 36.4 Å². The largest absolute Gasteiger partial charge is 0.573 e. The Labute approximate surface area is 195 Å². The molecular formula is C24H23F3N2O4S. The Balaban J connectivity index is 1.46. The standard InChI is InChI=1S/C24H23F3N2O4S/c25-24(26,27)33-20-11-13-21(14-12-20)34(31,32)28-15-19(30)16-29-22-7-3-1-5-17(22)9-10-18-6-2-4-8-23(18)29/h1-8,11-14,19,28,30H,9-10,15-16H2/t19-/m1/s1. The van der Waals surface area contributed by atoms with Crippen LogP contribution in [0.25, 0.3) is 0 Å². The van der Waals surface area contributed by atoms with Crippen LogP contribution in [0.4, 0.5) is 24.5 Å². The molecule has 1 aliphatic rings. The third-order valence-corrected chi connectivity index (χ3v) is 6.94. The first-order chi connectivity index (χ1) is 16.1. The first kappa shape index (κ1) is 24.1. The number of halogens is 3. The fourth-order valence-electron chi connectivity index (χ4n) is 3.95. The van der Waals surface area contributed by atoms with Crippen LogP contribution >= 0.6 is 0 Å². The van der Waals surface area contributed by atoms with Gasteiger partial charge in [-0.05, 0) is 60.4 Å². The number of hydrogen-bond acceptors (Lipinski definition) is 5. The molecule has 0 fully saturated rings. The van der Waals surface area contributed by atoms with E-state index in [1.165, 1.54) is 0 Å². The molecule has 4 rings (SSSR count). The van der Waals surface area contributed by atoms with Gasteiger partial charge in [0.05, 0.1) is 17.5 Å². The molecule has 1 aliphatic heterocycles. The summed E-state index contributed by atoms with van der Waals surface area (Å²) in [4.78, 5) is 1.75. The monoisotopic (exact) mass is 492 g/mol. The molecule has 0 bridgehead atoms. The molecule has 0 saturated carbocycles. The zero-order chi connectivity index (χ0) is 24.3. The molecule has 180 valence electrons. The molecule has 0 aliphatic carbocycles. The van der Waals surface area contributed by atoms with Crippen molar-refractivity contribution >= 4 is 21.4 Å². The van der Waals surface area contributed by atoms with E-state index in [0.29, 0.717) is 0 Å². The van der Waals surface area contributed by atoms with Gasteiger partial charge in [0.1, 0.15) is 5.75 Å². The van der Waals surface area contributed by atoms with Crippen molar-refractivity contribution in [2.45, 2.75) is 30.2 Å². The van der Waals surface area contributed by atoms with Crippen molar-refractivity contribution < 1.29 is 31.4 Å². The molecule has 34 heavy (non-hydrogen) atoms. The predicted octanol–water partition coefficient (Wildman–Crippen LogP) is 4.16. The van der Waals surface area contributed by atoms with Crippen molar-refractivity contribution in [2.75, 3.05) is 18.0 Å². The highest BCUT2D eigenvalue weighted by atomic mass is 32.2. The summed E-state index contributed by atoms with van der Waals surface area (Å²) in [5, 5.41) is 10.7. The first-order valence-corrected chi connectivity index (χ1v) is 12.1. The lowest BCUT2D eigenvalue weighted by Crippen LogP contribution is -2.39. The summed E-state index contributed by atoms with van der Waals surface area (Å²) in [6.45, 7) is -0.126. The number of sulfonamides is 1. The first-order valence-electron chi connectivity index (χ1n) is 10.6. The van der Waals surface area contributed by atoms with Gasteiger partial charge in [0.25, 0.3) is 0 Å². The highest BCUT2D eigenvalue weighted by Crippen LogP contribution is 2.35. The van der Waals surface area contributed by atoms with E-state index < -0.39 is 28.2 Å². The molecule has 0 amide bonds. The maximum Gasteiger partial charge on any atom is 0.573 e. The van der Waals surface area contributed by atoms with Crippen LogP contribution < -0.4 is 14.4 Å². The van der Waals surface area contributed by atoms with Crippen molar-refractivity contribution in [1.82, 2.24) is 4.72 Å². The quantitative estimate of drug-likeness (QED) is 0.518. The van der Waals surface area contributed by atoms with E-state index in [4.69, 9.17) is 0 Å². The maximum atomic E-state index is 12.6. The summed E-state index contributed by atoms with van der Waals surface area (Å²) in [7, 11) is -4.05. The molecule has 0 aromatic heterocycles. The molecule has 1 atom stereocenters. The summed E-state index contributed by atoms with van der Waals surface area (Å²) in [5.41, 5.74) is 4.17. The van der Waals surface area contributed by atoms with Gasteiger partial charge >= 0.3 is 6.36 Å². The second-order valence-corrected chi connectivity index (χ2v) is 9.66. The molecule has 1 heterocycles. The van der Waals surface area contributed by atoms with Crippen LogP contribution in [0, 0.1) is 0 Å². The van der Waals surface area contributed by atoms with Crippen LogP contribution in [0.15, 0.2) is 77.7 Å². The number of aryl methyl sites for hydroxylation is 2. The fraction of sp³-hybridized carbons (Fsp3) is 0.250. The van der Waals surface area contributed by atoms with Gasteiger partial charge in [0.2, 0.25) is 10.0 Å². The second kappa shape index (κ2) is 9.65. The SMILES string of the molecule is O=S(=O)(NC[C@@H](O)CN1c2ccccc2CCc2ccccc21)c1ccc(OC(F)(F)F)cc1. The molecule has 2 N–H and O–H groups in total. The third kappa shape index (κ3) is 5.69. The zero-order valence-electron chi connectivity index (χ0n) is 18.0. The Morgan fingerprint density at radius 2 is 1.44 bits per heavy atom. The minimum Gasteiger partial charge on any atom is -0.406 e. The lowest BCUT2D eigenvalue weighted by molar-refractivity contribution is -0.274. The van der Waals surface area contributed by atoms with E-state index in [1.807, 2.05) is 53.4 Å². The number of nitrogens with one attached hydrogen (secondary N) is 1. The lowest BCUT2D eigenvalue weighted by atomic mass is 10.0.